The van der Waals surface area contributed by atoms with Crippen molar-refractivity contribution in [2.24, 2.45) is 0 Å². The Morgan fingerprint density at radius 1 is 1.17 bits per heavy atom. The van der Waals surface area contributed by atoms with E-state index in [1.54, 1.807) is 36.4 Å². The van der Waals surface area contributed by atoms with Gasteiger partial charge in [0.25, 0.3) is 5.91 Å². The van der Waals surface area contributed by atoms with E-state index in [0.29, 0.717) is 17.4 Å². The van der Waals surface area contributed by atoms with Crippen molar-refractivity contribution >= 4 is 11.9 Å². The molecule has 0 radical (unpaired) electrons. The maximum atomic E-state index is 13.5. The first kappa shape index (κ1) is 21.2. The summed E-state index contributed by atoms with van der Waals surface area (Å²) < 4.78 is 51.1. The van der Waals surface area contributed by atoms with Crippen molar-refractivity contribution in [2.45, 2.75) is 18.6 Å². The van der Waals surface area contributed by atoms with E-state index in [1.807, 2.05) is 0 Å². The highest BCUT2D eigenvalue weighted by molar-refractivity contribution is 5.98. The molecule has 1 amide bonds. The maximum Gasteiger partial charge on any atom is 0.417 e. The van der Waals surface area contributed by atoms with Gasteiger partial charge in [-0.05, 0) is 29.8 Å². The summed E-state index contributed by atoms with van der Waals surface area (Å²) in [6, 6.07) is 5.70. The minimum atomic E-state index is -4.87. The minimum absolute atomic E-state index is 0.0552. The summed E-state index contributed by atoms with van der Waals surface area (Å²) in [5, 5.41) is 11.6. The van der Waals surface area contributed by atoms with Crippen LogP contribution in [0.1, 0.15) is 21.5 Å². The third-order valence-electron chi connectivity index (χ3n) is 4.21. The molecule has 3 heterocycles. The Bertz CT molecular complexity index is 975. The number of carbonyl (C=O) groups is 2. The smallest absolute Gasteiger partial charge is 0.417 e. The molecule has 10 heteroatoms. The first-order chi connectivity index (χ1) is 14.2. The number of aromatic nitrogens is 1. The molecule has 0 unspecified atom stereocenters. The van der Waals surface area contributed by atoms with Crippen LogP contribution in [0.15, 0.2) is 48.7 Å². The molecule has 1 atom stereocenters. The van der Waals surface area contributed by atoms with Crippen LogP contribution in [0.3, 0.4) is 0 Å². The molecular weight excluding hydrogens is 405 g/mol. The van der Waals surface area contributed by atoms with Crippen molar-refractivity contribution in [1.82, 2.24) is 10.3 Å². The van der Waals surface area contributed by atoms with Crippen LogP contribution in [-0.4, -0.2) is 41.2 Å². The van der Waals surface area contributed by atoms with E-state index < -0.39 is 35.2 Å². The Morgan fingerprint density at radius 3 is 2.60 bits per heavy atom. The number of nitrogens with zero attached hydrogens (tertiary/aromatic N) is 1. The summed E-state index contributed by atoms with van der Waals surface area (Å²) in [5.74, 6) is -2.44. The molecule has 4 bridgehead atoms. The van der Waals surface area contributed by atoms with Gasteiger partial charge in [-0.15, -0.1) is 0 Å². The van der Waals surface area contributed by atoms with Gasteiger partial charge in [0.1, 0.15) is 25.0 Å². The van der Waals surface area contributed by atoms with Crippen molar-refractivity contribution in [2.75, 3.05) is 13.2 Å². The average Bonchev–Trinajstić information content (AvgIpc) is 2.69. The second-order valence-corrected chi connectivity index (χ2v) is 6.38. The molecule has 4 rings (SSSR count). The van der Waals surface area contributed by atoms with Crippen LogP contribution in [0.25, 0.3) is 0 Å². The summed E-state index contributed by atoms with van der Waals surface area (Å²) in [4.78, 5) is 27.8. The second-order valence-electron chi connectivity index (χ2n) is 6.38. The average molecular weight is 422 g/mol. The number of carboxylic acids is 1. The zero-order valence-electron chi connectivity index (χ0n) is 15.5. The molecule has 2 aromatic rings. The van der Waals surface area contributed by atoms with Gasteiger partial charge in [0.15, 0.2) is 0 Å². The van der Waals surface area contributed by atoms with Crippen molar-refractivity contribution < 1.29 is 37.3 Å². The fraction of sp³-hybridized carbons (Fsp3) is 0.250. The first-order valence-electron chi connectivity index (χ1n) is 8.84. The molecule has 7 nitrogen and oxygen atoms in total. The molecule has 2 aliphatic heterocycles. The van der Waals surface area contributed by atoms with Gasteiger partial charge in [-0.25, -0.2) is 9.78 Å². The Labute approximate surface area is 169 Å². The van der Waals surface area contributed by atoms with E-state index in [0.717, 1.165) is 6.20 Å². The zero-order valence-corrected chi connectivity index (χ0v) is 15.5. The van der Waals surface area contributed by atoms with Gasteiger partial charge in [-0.3, -0.25) is 4.79 Å². The number of rotatable bonds is 1. The number of nitrogens with one attached hydrogen (secondary N) is 1. The Kier molecular flexibility index (Phi) is 6.24. The van der Waals surface area contributed by atoms with Crippen molar-refractivity contribution in [3.05, 3.63) is 65.4 Å². The molecule has 1 aromatic heterocycles. The van der Waals surface area contributed by atoms with Crippen molar-refractivity contribution in [1.29, 1.82) is 0 Å². The Morgan fingerprint density at radius 2 is 1.90 bits per heavy atom. The third-order valence-corrected chi connectivity index (χ3v) is 4.21. The largest absolute Gasteiger partial charge is 0.490 e. The molecule has 0 saturated heterocycles. The Balaban J connectivity index is 2.00. The number of benzene rings is 1. The number of pyridine rings is 1. The highest BCUT2D eigenvalue weighted by Crippen LogP contribution is 2.33. The summed E-state index contributed by atoms with van der Waals surface area (Å²) in [6.45, 7) is 0.117. The molecule has 158 valence electrons. The highest BCUT2D eigenvalue weighted by Gasteiger charge is 2.37. The SMILES string of the molecule is O=C1N[C@H](C(=O)O)Cc2cccc(c2)OC/C=C/COc2cc(C(F)(F)F)c1cn2. The van der Waals surface area contributed by atoms with Gasteiger partial charge in [-0.1, -0.05) is 12.1 Å². The predicted octanol–water partition coefficient (Wildman–Crippen LogP) is 2.85. The lowest BCUT2D eigenvalue weighted by atomic mass is 10.0. The topological polar surface area (TPSA) is 97.8 Å². The van der Waals surface area contributed by atoms with Crippen LogP contribution in [0.4, 0.5) is 13.2 Å². The number of carboxylic acid groups (broad SMARTS) is 1. The number of hydrogen-bond acceptors (Lipinski definition) is 5. The molecular formula is C20H17F3N2O5. The molecule has 0 saturated carbocycles. The minimum Gasteiger partial charge on any atom is -0.490 e. The Hall–Kier alpha value is -3.56. The van der Waals surface area contributed by atoms with Crippen LogP contribution in [0.2, 0.25) is 0 Å². The van der Waals surface area contributed by atoms with E-state index in [2.05, 4.69) is 10.3 Å². The van der Waals surface area contributed by atoms with Gasteiger partial charge < -0.3 is 19.9 Å². The number of halogens is 3. The van der Waals surface area contributed by atoms with Crippen LogP contribution >= 0.6 is 0 Å². The summed E-state index contributed by atoms with van der Waals surface area (Å²) >= 11 is 0. The lowest BCUT2D eigenvalue weighted by Gasteiger charge is -2.18. The fourth-order valence-corrected chi connectivity index (χ4v) is 2.78. The number of ether oxygens (including phenoxy) is 2. The van der Waals surface area contributed by atoms with Gasteiger partial charge in [-0.2, -0.15) is 13.2 Å². The number of amides is 1. The molecule has 30 heavy (non-hydrogen) atoms. The lowest BCUT2D eigenvalue weighted by Crippen LogP contribution is -2.43. The molecule has 0 spiro atoms. The number of hydrogen-bond donors (Lipinski definition) is 2. The second kappa shape index (κ2) is 8.85. The first-order valence-corrected chi connectivity index (χ1v) is 8.84. The van der Waals surface area contributed by atoms with Crippen LogP contribution < -0.4 is 14.8 Å². The van der Waals surface area contributed by atoms with Gasteiger partial charge in [0.05, 0.1) is 11.1 Å². The van der Waals surface area contributed by atoms with Gasteiger partial charge >= 0.3 is 12.1 Å². The monoisotopic (exact) mass is 422 g/mol. The molecule has 1 aromatic carbocycles. The molecule has 0 fully saturated rings. The molecule has 2 aliphatic rings. The predicted molar refractivity (Wildman–Crippen MR) is 98.4 cm³/mol. The third kappa shape index (κ3) is 5.28. The quantitative estimate of drug-likeness (QED) is 0.686. The molecule has 2 N–H and O–H groups in total. The number of carbonyl (C=O) groups excluding carboxylic acids is 1. The summed E-state index contributed by atoms with van der Waals surface area (Å²) in [6.07, 6.45) is -1.12. The van der Waals surface area contributed by atoms with E-state index in [1.165, 1.54) is 0 Å². The van der Waals surface area contributed by atoms with Crippen LogP contribution in [0, 0.1) is 0 Å². The summed E-state index contributed by atoms with van der Waals surface area (Å²) in [5.41, 5.74) is -1.54. The van der Waals surface area contributed by atoms with E-state index in [4.69, 9.17) is 9.47 Å². The number of aliphatic carboxylic acids is 1. The van der Waals surface area contributed by atoms with Gasteiger partial charge in [0, 0.05) is 18.7 Å². The van der Waals surface area contributed by atoms with Crippen LogP contribution in [0.5, 0.6) is 11.6 Å². The van der Waals surface area contributed by atoms with Crippen molar-refractivity contribution in [3.8, 4) is 11.6 Å². The zero-order chi connectivity index (χ0) is 21.7. The molecule has 0 aliphatic carbocycles. The highest BCUT2D eigenvalue weighted by atomic mass is 19.4. The van der Waals surface area contributed by atoms with Gasteiger partial charge in [0.2, 0.25) is 5.88 Å². The fourth-order valence-electron chi connectivity index (χ4n) is 2.78. The van der Waals surface area contributed by atoms with E-state index in [-0.39, 0.29) is 25.5 Å². The standard InChI is InChI=1S/C20H17F3N2O5/c21-20(22,23)15-10-17-24-11-14(15)18(26)25-16(19(27)28)9-12-4-3-5-13(8-12)29-6-1-2-7-30-17/h1-5,8,10-11,16H,6-7,9H2,(H,25,26)(H,27,28)/b2-1+/t16-/m0/s1. The van der Waals surface area contributed by atoms with E-state index in [9.17, 15) is 27.9 Å². The normalized spacial score (nSPS) is 18.5. The van der Waals surface area contributed by atoms with E-state index >= 15 is 0 Å². The number of alkyl halides is 3. The summed E-state index contributed by atoms with van der Waals surface area (Å²) in [7, 11) is 0. The van der Waals surface area contributed by atoms with Crippen molar-refractivity contribution in [3.63, 3.8) is 0 Å². The lowest BCUT2D eigenvalue weighted by molar-refractivity contribution is -0.139. The number of fused-ring (bicyclic) bond motifs is 9. The van der Waals surface area contributed by atoms with Crippen LogP contribution in [-0.2, 0) is 17.4 Å². The maximum absolute atomic E-state index is 13.5.